The van der Waals surface area contributed by atoms with Crippen LogP contribution in [0.5, 0.6) is 0 Å². The summed E-state index contributed by atoms with van der Waals surface area (Å²) in [6.07, 6.45) is 10.0. The van der Waals surface area contributed by atoms with E-state index in [2.05, 4.69) is 11.9 Å². The number of hydrogen-bond donors (Lipinski definition) is 1. The average Bonchev–Trinajstić information content (AvgIpc) is 2.30. The van der Waals surface area contributed by atoms with Crippen LogP contribution >= 0.6 is 11.8 Å². The van der Waals surface area contributed by atoms with Crippen molar-refractivity contribution >= 4 is 17.6 Å². The van der Waals surface area contributed by atoms with Gasteiger partial charge in [-0.2, -0.15) is 0 Å². The predicted octanol–water partition coefficient (Wildman–Crippen LogP) is 4.12. The molecular formula is C13H22N2S. The van der Waals surface area contributed by atoms with Crippen molar-refractivity contribution in [1.82, 2.24) is 4.98 Å². The van der Waals surface area contributed by atoms with Crippen LogP contribution in [0.2, 0.25) is 0 Å². The highest BCUT2D eigenvalue weighted by atomic mass is 32.2. The zero-order valence-corrected chi connectivity index (χ0v) is 10.9. The average molecular weight is 238 g/mol. The smallest absolute Gasteiger partial charge is 0.123 e. The summed E-state index contributed by atoms with van der Waals surface area (Å²) in [7, 11) is 0. The van der Waals surface area contributed by atoms with Gasteiger partial charge in [0.25, 0.3) is 0 Å². The van der Waals surface area contributed by atoms with Crippen molar-refractivity contribution in [2.24, 2.45) is 0 Å². The van der Waals surface area contributed by atoms with Crippen LogP contribution in [-0.2, 0) is 0 Å². The molecule has 0 aliphatic heterocycles. The molecule has 0 atom stereocenters. The van der Waals surface area contributed by atoms with Gasteiger partial charge in [-0.1, -0.05) is 39.0 Å². The molecule has 1 aromatic rings. The lowest BCUT2D eigenvalue weighted by Crippen LogP contribution is -1.88. The highest BCUT2D eigenvalue weighted by Gasteiger charge is 1.95. The second kappa shape index (κ2) is 8.45. The molecule has 0 saturated heterocycles. The van der Waals surface area contributed by atoms with Gasteiger partial charge in [0, 0.05) is 11.1 Å². The van der Waals surface area contributed by atoms with Gasteiger partial charge in [0.05, 0.1) is 0 Å². The number of rotatable bonds is 8. The lowest BCUT2D eigenvalue weighted by atomic mass is 10.1. The van der Waals surface area contributed by atoms with Crippen molar-refractivity contribution in [3.05, 3.63) is 18.3 Å². The van der Waals surface area contributed by atoms with E-state index in [0.717, 1.165) is 0 Å². The van der Waals surface area contributed by atoms with E-state index in [1.807, 2.05) is 30.1 Å². The first-order chi connectivity index (χ1) is 7.83. The summed E-state index contributed by atoms with van der Waals surface area (Å²) < 4.78 is 0. The Balaban J connectivity index is 2.01. The number of unbranched alkanes of at least 4 members (excludes halogenated alkanes) is 5. The lowest BCUT2D eigenvalue weighted by Gasteiger charge is -2.02. The Labute approximate surface area is 103 Å². The molecule has 0 aromatic carbocycles. The number of pyridine rings is 1. The third-order valence-electron chi connectivity index (χ3n) is 2.53. The Morgan fingerprint density at radius 1 is 1.12 bits per heavy atom. The van der Waals surface area contributed by atoms with Gasteiger partial charge in [0.1, 0.15) is 5.82 Å². The summed E-state index contributed by atoms with van der Waals surface area (Å²) in [6.45, 7) is 2.25. The van der Waals surface area contributed by atoms with Gasteiger partial charge in [0.15, 0.2) is 0 Å². The molecule has 0 aliphatic carbocycles. The lowest BCUT2D eigenvalue weighted by molar-refractivity contribution is 0.627. The maximum absolute atomic E-state index is 5.53. The first kappa shape index (κ1) is 13.4. The number of thioether (sulfide) groups is 1. The predicted molar refractivity (Wildman–Crippen MR) is 72.7 cm³/mol. The molecule has 0 aliphatic rings. The first-order valence-corrected chi connectivity index (χ1v) is 7.16. The van der Waals surface area contributed by atoms with Crippen molar-refractivity contribution < 1.29 is 0 Å². The minimum absolute atomic E-state index is 0.601. The number of nitrogens with two attached hydrogens (primary N) is 1. The molecule has 3 heteroatoms. The molecule has 1 rings (SSSR count). The molecule has 0 bridgehead atoms. The maximum atomic E-state index is 5.53. The zero-order valence-electron chi connectivity index (χ0n) is 10.1. The monoisotopic (exact) mass is 238 g/mol. The van der Waals surface area contributed by atoms with Crippen LogP contribution in [0, 0.1) is 0 Å². The molecular weight excluding hydrogens is 216 g/mol. The van der Waals surface area contributed by atoms with E-state index in [9.17, 15) is 0 Å². The van der Waals surface area contributed by atoms with Crippen LogP contribution in [0.4, 0.5) is 5.82 Å². The third-order valence-corrected chi connectivity index (χ3v) is 3.59. The normalized spacial score (nSPS) is 10.6. The van der Waals surface area contributed by atoms with Crippen LogP contribution in [0.15, 0.2) is 23.2 Å². The van der Waals surface area contributed by atoms with Gasteiger partial charge in [-0.3, -0.25) is 0 Å². The number of hydrogen-bond acceptors (Lipinski definition) is 3. The van der Waals surface area contributed by atoms with E-state index in [1.54, 1.807) is 0 Å². The second-order valence-electron chi connectivity index (χ2n) is 4.03. The Hall–Kier alpha value is -0.700. The van der Waals surface area contributed by atoms with Crippen LogP contribution in [0.1, 0.15) is 45.4 Å². The standard InChI is InChI=1S/C13H22N2S/c1-2-3-4-5-6-7-10-16-12-8-9-13(14)15-11-12/h8-9,11H,2-7,10H2,1H3,(H2,14,15). The van der Waals surface area contributed by atoms with Gasteiger partial charge < -0.3 is 5.73 Å². The second-order valence-corrected chi connectivity index (χ2v) is 5.20. The highest BCUT2D eigenvalue weighted by molar-refractivity contribution is 7.99. The molecule has 0 saturated carbocycles. The van der Waals surface area contributed by atoms with Gasteiger partial charge in [-0.25, -0.2) is 4.98 Å². The summed E-state index contributed by atoms with van der Waals surface area (Å²) in [5.74, 6) is 1.79. The third kappa shape index (κ3) is 6.01. The van der Waals surface area contributed by atoms with Gasteiger partial charge in [0.2, 0.25) is 0 Å². The zero-order chi connectivity index (χ0) is 11.6. The van der Waals surface area contributed by atoms with Crippen molar-refractivity contribution in [2.45, 2.75) is 50.3 Å². The van der Waals surface area contributed by atoms with Crippen molar-refractivity contribution in [1.29, 1.82) is 0 Å². The van der Waals surface area contributed by atoms with E-state index < -0.39 is 0 Å². The van der Waals surface area contributed by atoms with E-state index in [1.165, 1.54) is 49.2 Å². The fraction of sp³-hybridized carbons (Fsp3) is 0.615. The summed E-state index contributed by atoms with van der Waals surface area (Å²) in [5, 5.41) is 0. The summed E-state index contributed by atoms with van der Waals surface area (Å²) in [5.41, 5.74) is 5.53. The molecule has 0 unspecified atom stereocenters. The molecule has 2 N–H and O–H groups in total. The molecule has 2 nitrogen and oxygen atoms in total. The minimum Gasteiger partial charge on any atom is -0.384 e. The van der Waals surface area contributed by atoms with Crippen LogP contribution in [0.3, 0.4) is 0 Å². The molecule has 1 aromatic heterocycles. The number of nitrogens with zero attached hydrogens (tertiary/aromatic N) is 1. The van der Waals surface area contributed by atoms with Crippen LogP contribution < -0.4 is 5.73 Å². The molecule has 0 spiro atoms. The molecule has 0 fully saturated rings. The van der Waals surface area contributed by atoms with E-state index >= 15 is 0 Å². The molecule has 16 heavy (non-hydrogen) atoms. The SMILES string of the molecule is CCCCCCCCSc1ccc(N)nc1. The Bertz CT molecular complexity index is 272. The maximum Gasteiger partial charge on any atom is 0.123 e. The number of anilines is 1. The van der Waals surface area contributed by atoms with Crippen LogP contribution in [-0.4, -0.2) is 10.7 Å². The Kier molecular flexibility index (Phi) is 7.06. The van der Waals surface area contributed by atoms with Crippen molar-refractivity contribution in [2.75, 3.05) is 11.5 Å². The quantitative estimate of drug-likeness (QED) is 0.547. The summed E-state index contributed by atoms with van der Waals surface area (Å²) >= 11 is 1.87. The highest BCUT2D eigenvalue weighted by Crippen LogP contribution is 2.19. The topological polar surface area (TPSA) is 38.9 Å². The Morgan fingerprint density at radius 2 is 1.88 bits per heavy atom. The molecule has 90 valence electrons. The number of nitrogen functional groups attached to an aromatic ring is 1. The fourth-order valence-corrected chi connectivity index (χ4v) is 2.43. The largest absolute Gasteiger partial charge is 0.384 e. The number of aromatic nitrogens is 1. The van der Waals surface area contributed by atoms with E-state index in [0.29, 0.717) is 5.82 Å². The van der Waals surface area contributed by atoms with Gasteiger partial charge >= 0.3 is 0 Å². The summed E-state index contributed by atoms with van der Waals surface area (Å²) in [4.78, 5) is 5.30. The van der Waals surface area contributed by atoms with E-state index in [-0.39, 0.29) is 0 Å². The van der Waals surface area contributed by atoms with Crippen molar-refractivity contribution in [3.63, 3.8) is 0 Å². The van der Waals surface area contributed by atoms with Gasteiger partial charge in [-0.05, 0) is 24.3 Å². The Morgan fingerprint density at radius 3 is 2.56 bits per heavy atom. The molecule has 0 amide bonds. The minimum atomic E-state index is 0.601. The van der Waals surface area contributed by atoms with Gasteiger partial charge in [-0.15, -0.1) is 11.8 Å². The van der Waals surface area contributed by atoms with Crippen LogP contribution in [0.25, 0.3) is 0 Å². The first-order valence-electron chi connectivity index (χ1n) is 6.17. The molecule has 1 heterocycles. The van der Waals surface area contributed by atoms with E-state index in [4.69, 9.17) is 5.73 Å². The summed E-state index contributed by atoms with van der Waals surface area (Å²) in [6, 6.07) is 3.91. The molecule has 0 radical (unpaired) electrons. The fourth-order valence-electron chi connectivity index (χ4n) is 1.55. The van der Waals surface area contributed by atoms with Crippen molar-refractivity contribution in [3.8, 4) is 0 Å².